The van der Waals surface area contributed by atoms with Crippen molar-refractivity contribution in [2.24, 2.45) is 28.6 Å². The van der Waals surface area contributed by atoms with Crippen LogP contribution in [0.25, 0.3) is 0 Å². The Hall–Kier alpha value is -3.05. The van der Waals surface area contributed by atoms with Crippen LogP contribution in [0.4, 0.5) is 4.79 Å². The molecule has 4 aliphatic carbocycles. The Kier molecular flexibility index (Phi) is 9.75. The number of aliphatic hydroxyl groups is 2. The second-order valence-corrected chi connectivity index (χ2v) is 16.0. The van der Waals surface area contributed by atoms with Crippen molar-refractivity contribution >= 4 is 29.6 Å². The van der Waals surface area contributed by atoms with Crippen molar-refractivity contribution in [3.05, 3.63) is 23.8 Å². The first-order valence-corrected chi connectivity index (χ1v) is 16.4. The summed E-state index contributed by atoms with van der Waals surface area (Å²) in [7, 11) is 0. The topological polar surface area (TPSA) is 166 Å². The highest BCUT2D eigenvalue weighted by Crippen LogP contribution is 2.67. The SMILES string of the molecule is CC(C)(C)OC(=O)CC[C@H](NC(=O)OC(C)(C)C)C(=O)OCC(=O)[C@@]1(O)CC[C@H]2[C@@H]3CCC4=CC(=O)C=C[C@]4(C)[C@H]3[C@@H](O)C[C@@]21C. The molecule has 0 heterocycles. The molecule has 46 heavy (non-hydrogen) atoms. The predicted molar refractivity (Wildman–Crippen MR) is 167 cm³/mol. The van der Waals surface area contributed by atoms with Crippen molar-refractivity contribution in [1.82, 2.24) is 5.32 Å². The fraction of sp³-hybridized carbons (Fsp3) is 0.743. The molecule has 0 aromatic carbocycles. The average Bonchev–Trinajstić information content (AvgIpc) is 3.18. The number of nitrogens with one attached hydrogen (secondary N) is 1. The van der Waals surface area contributed by atoms with Gasteiger partial charge in [0.2, 0.25) is 5.78 Å². The molecular formula is C35H51NO10. The monoisotopic (exact) mass is 645 g/mol. The zero-order valence-electron chi connectivity index (χ0n) is 28.4. The number of rotatable bonds is 8. The van der Waals surface area contributed by atoms with E-state index >= 15 is 0 Å². The number of allylic oxidation sites excluding steroid dienone is 4. The highest BCUT2D eigenvalue weighted by molar-refractivity contribution is 6.01. The number of hydrogen-bond donors (Lipinski definition) is 3. The number of alkyl carbamates (subject to hydrolysis) is 1. The number of ether oxygens (including phenoxy) is 3. The Labute approximate surface area is 271 Å². The fourth-order valence-electron chi connectivity index (χ4n) is 8.50. The van der Waals surface area contributed by atoms with Crippen LogP contribution in [0, 0.1) is 28.6 Å². The summed E-state index contributed by atoms with van der Waals surface area (Å²) in [5.41, 5.74) is -3.86. The zero-order chi connectivity index (χ0) is 34.5. The van der Waals surface area contributed by atoms with E-state index in [1.807, 2.05) is 13.0 Å². The van der Waals surface area contributed by atoms with Crippen LogP contribution in [0.1, 0.15) is 100 Å². The van der Waals surface area contributed by atoms with Gasteiger partial charge < -0.3 is 29.7 Å². The van der Waals surface area contributed by atoms with Crippen molar-refractivity contribution in [2.75, 3.05) is 6.61 Å². The molecule has 11 heteroatoms. The van der Waals surface area contributed by atoms with E-state index in [2.05, 4.69) is 12.2 Å². The summed E-state index contributed by atoms with van der Waals surface area (Å²) in [5.74, 6) is -2.45. The molecule has 0 radical (unpaired) electrons. The molecule has 0 spiro atoms. The molecule has 0 aromatic rings. The Balaban J connectivity index is 1.46. The van der Waals surface area contributed by atoms with Crippen LogP contribution in [0.2, 0.25) is 0 Å². The van der Waals surface area contributed by atoms with Crippen LogP contribution >= 0.6 is 0 Å². The number of hydrogen-bond acceptors (Lipinski definition) is 10. The number of aliphatic hydroxyl groups excluding tert-OH is 1. The van der Waals surface area contributed by atoms with Crippen LogP contribution in [0.15, 0.2) is 23.8 Å². The molecule has 0 aliphatic heterocycles. The largest absolute Gasteiger partial charge is 0.460 e. The normalized spacial score (nSPS) is 34.3. The molecule has 1 amide bonds. The summed E-state index contributed by atoms with van der Waals surface area (Å²) >= 11 is 0. The van der Waals surface area contributed by atoms with Gasteiger partial charge in [0.05, 0.1) is 6.10 Å². The molecule has 4 aliphatic rings. The van der Waals surface area contributed by atoms with Gasteiger partial charge in [-0.15, -0.1) is 0 Å². The third-order valence-electron chi connectivity index (χ3n) is 10.5. The average molecular weight is 646 g/mol. The maximum Gasteiger partial charge on any atom is 0.408 e. The summed E-state index contributed by atoms with van der Waals surface area (Å²) in [6.45, 7) is 13.3. The predicted octanol–water partition coefficient (Wildman–Crippen LogP) is 4.12. The van der Waals surface area contributed by atoms with Crippen molar-refractivity contribution < 1.29 is 48.4 Å². The number of Topliss-reactive ketones (excluding diaryl/α,β-unsaturated/α-hetero) is 1. The van der Waals surface area contributed by atoms with Gasteiger partial charge in [0.25, 0.3) is 0 Å². The maximum absolute atomic E-state index is 13.7. The molecular weight excluding hydrogens is 594 g/mol. The van der Waals surface area contributed by atoms with Crippen LogP contribution in [-0.2, 0) is 33.4 Å². The minimum absolute atomic E-state index is 0.0217. The lowest BCUT2D eigenvalue weighted by Gasteiger charge is -2.59. The molecule has 256 valence electrons. The van der Waals surface area contributed by atoms with Gasteiger partial charge >= 0.3 is 18.0 Å². The van der Waals surface area contributed by atoms with Crippen molar-refractivity contribution in [1.29, 1.82) is 0 Å². The van der Waals surface area contributed by atoms with E-state index in [4.69, 9.17) is 14.2 Å². The van der Waals surface area contributed by atoms with E-state index in [1.165, 1.54) is 0 Å². The van der Waals surface area contributed by atoms with Gasteiger partial charge in [-0.05, 0) is 104 Å². The molecule has 0 bridgehead atoms. The third kappa shape index (κ3) is 7.10. The molecule has 3 fully saturated rings. The molecule has 3 saturated carbocycles. The standard InChI is InChI=1S/C35H51NO10/c1-31(2,3)45-27(40)12-11-24(36-30(42)46-32(4,5)6)29(41)44-19-26(39)35(43)16-14-23-22-10-9-20-17-21(37)13-15-33(20,7)28(22)25(38)18-34(23,35)8/h13,15,17,22-25,28,38,43H,9-12,14,16,18-19H2,1-8H3,(H,36,42)/t22-,23-,24-,25-,28+,33-,34-,35-/m0/s1. The molecule has 0 unspecified atom stereocenters. The first-order chi connectivity index (χ1) is 21.1. The van der Waals surface area contributed by atoms with E-state index in [0.29, 0.717) is 12.8 Å². The van der Waals surface area contributed by atoms with Gasteiger partial charge in [-0.3, -0.25) is 14.4 Å². The highest BCUT2D eigenvalue weighted by Gasteiger charge is 2.68. The van der Waals surface area contributed by atoms with Gasteiger partial charge in [0.15, 0.2) is 12.4 Å². The maximum atomic E-state index is 13.7. The van der Waals surface area contributed by atoms with E-state index < -0.39 is 70.2 Å². The molecule has 0 aromatic heterocycles. The highest BCUT2D eigenvalue weighted by atomic mass is 16.6. The summed E-state index contributed by atoms with van der Waals surface area (Å²) in [6.07, 6.45) is 5.41. The minimum Gasteiger partial charge on any atom is -0.460 e. The summed E-state index contributed by atoms with van der Waals surface area (Å²) in [6, 6.07) is -1.31. The van der Waals surface area contributed by atoms with E-state index in [0.717, 1.165) is 12.0 Å². The van der Waals surface area contributed by atoms with Crippen LogP contribution in [0.3, 0.4) is 0 Å². The van der Waals surface area contributed by atoms with Crippen molar-refractivity contribution in [3.8, 4) is 0 Å². The minimum atomic E-state index is -1.84. The second-order valence-electron chi connectivity index (χ2n) is 16.0. The smallest absolute Gasteiger partial charge is 0.408 e. The molecule has 4 rings (SSSR count). The fourth-order valence-corrected chi connectivity index (χ4v) is 8.50. The number of carbonyl (C=O) groups is 5. The summed E-state index contributed by atoms with van der Waals surface area (Å²) in [5, 5.41) is 26.0. The lowest BCUT2D eigenvalue weighted by molar-refractivity contribution is -0.181. The number of amides is 1. The van der Waals surface area contributed by atoms with E-state index in [-0.39, 0.29) is 49.2 Å². The van der Waals surface area contributed by atoms with Gasteiger partial charge in [0, 0.05) is 23.2 Å². The molecule has 3 N–H and O–H groups in total. The van der Waals surface area contributed by atoms with Crippen LogP contribution in [-0.4, -0.2) is 75.4 Å². The van der Waals surface area contributed by atoms with Crippen LogP contribution < -0.4 is 5.32 Å². The molecule has 8 atom stereocenters. The zero-order valence-corrected chi connectivity index (χ0v) is 28.4. The molecule has 11 nitrogen and oxygen atoms in total. The Morgan fingerprint density at radius 1 is 1.04 bits per heavy atom. The molecule has 0 saturated heterocycles. The number of ketones is 2. The quantitative estimate of drug-likeness (QED) is 0.258. The lowest BCUT2D eigenvalue weighted by atomic mass is 9.46. The van der Waals surface area contributed by atoms with Gasteiger partial charge in [-0.2, -0.15) is 0 Å². The Bertz CT molecular complexity index is 1320. The van der Waals surface area contributed by atoms with Crippen molar-refractivity contribution in [2.45, 2.75) is 129 Å². The first-order valence-electron chi connectivity index (χ1n) is 16.4. The van der Waals surface area contributed by atoms with E-state index in [9.17, 15) is 34.2 Å². The van der Waals surface area contributed by atoms with Gasteiger partial charge in [0.1, 0.15) is 22.8 Å². The lowest BCUT2D eigenvalue weighted by Crippen LogP contribution is -2.61. The van der Waals surface area contributed by atoms with E-state index in [1.54, 1.807) is 53.7 Å². The van der Waals surface area contributed by atoms with Crippen molar-refractivity contribution in [3.63, 3.8) is 0 Å². The number of fused-ring (bicyclic) bond motifs is 5. The summed E-state index contributed by atoms with van der Waals surface area (Å²) < 4.78 is 16.0. The summed E-state index contributed by atoms with van der Waals surface area (Å²) in [4.78, 5) is 63.9. The Morgan fingerprint density at radius 3 is 2.33 bits per heavy atom. The van der Waals surface area contributed by atoms with Crippen LogP contribution in [0.5, 0.6) is 0 Å². The van der Waals surface area contributed by atoms with Gasteiger partial charge in [-0.1, -0.05) is 25.5 Å². The Morgan fingerprint density at radius 2 is 1.70 bits per heavy atom. The second kappa shape index (κ2) is 12.5. The third-order valence-corrected chi connectivity index (χ3v) is 10.5. The first kappa shape index (κ1) is 35.8. The number of carbonyl (C=O) groups excluding carboxylic acids is 5. The number of esters is 2. The van der Waals surface area contributed by atoms with Gasteiger partial charge in [-0.25, -0.2) is 9.59 Å².